The molecule has 0 radical (unpaired) electrons. The van der Waals surface area contributed by atoms with Crippen LogP contribution >= 0.6 is 0 Å². The van der Waals surface area contributed by atoms with E-state index in [1.807, 2.05) is 0 Å². The first kappa shape index (κ1) is 20.7. The van der Waals surface area contributed by atoms with Gasteiger partial charge in [-0.05, 0) is 39.0 Å². The number of alkyl halides is 3. The summed E-state index contributed by atoms with van der Waals surface area (Å²) in [5.74, 6) is 0. The molecule has 1 rings (SSSR count). The first-order chi connectivity index (χ1) is 11.3. The van der Waals surface area contributed by atoms with Crippen molar-refractivity contribution in [3.05, 3.63) is 34.9 Å². The second-order valence-electron chi connectivity index (χ2n) is 6.31. The number of halogens is 3. The molecule has 0 aromatic heterocycles. The largest absolute Gasteiger partial charge is 0.444 e. The van der Waals surface area contributed by atoms with Crippen LogP contribution in [0.1, 0.15) is 43.6 Å². The van der Waals surface area contributed by atoms with Crippen molar-refractivity contribution in [3.63, 3.8) is 0 Å². The number of nitrogens with zero attached hydrogens (tertiary/aromatic N) is 1. The Morgan fingerprint density at radius 3 is 2.40 bits per heavy atom. The van der Waals surface area contributed by atoms with E-state index in [4.69, 9.17) is 10.00 Å². The predicted molar refractivity (Wildman–Crippen MR) is 81.4 cm³/mol. The number of nitrogens with one attached hydrogen (secondary N) is 1. The van der Waals surface area contributed by atoms with Crippen LogP contribution in [0.25, 0.3) is 0 Å². The molecule has 0 spiro atoms. The molecule has 0 bridgehead atoms. The molecule has 1 aromatic carbocycles. The van der Waals surface area contributed by atoms with Gasteiger partial charge in [-0.1, -0.05) is 0 Å². The summed E-state index contributed by atoms with van der Waals surface area (Å²) in [6.45, 7) is 4.40. The number of rotatable bonds is 4. The Hall–Kier alpha value is -2.31. The van der Waals surface area contributed by atoms with Gasteiger partial charge in [0.05, 0.1) is 17.2 Å². The Bertz CT molecular complexity index is 663. The Labute approximate surface area is 142 Å². The molecule has 2 atom stereocenters. The molecule has 0 aliphatic heterocycles. The van der Waals surface area contributed by atoms with Gasteiger partial charge >= 0.3 is 12.3 Å². The minimum atomic E-state index is -4.66. The Morgan fingerprint density at radius 1 is 1.32 bits per heavy atom. The second-order valence-corrected chi connectivity index (χ2v) is 6.31. The molecule has 3 N–H and O–H groups in total. The molecule has 0 aliphatic rings. The van der Waals surface area contributed by atoms with Gasteiger partial charge in [0.1, 0.15) is 17.8 Å². The average molecular weight is 360 g/mol. The van der Waals surface area contributed by atoms with E-state index < -0.39 is 42.2 Å². The minimum absolute atomic E-state index is 0.211. The van der Waals surface area contributed by atoms with E-state index in [1.54, 1.807) is 26.8 Å². The number of alkyl carbamates (subject to hydrolysis) is 1. The zero-order chi connectivity index (χ0) is 19.4. The van der Waals surface area contributed by atoms with E-state index in [2.05, 4.69) is 5.32 Å². The standard InChI is InChI=1S/C16H19F3N2O4/c1-15(2,3)25-14(24)21-8-12(22)13(23)11-6-10(16(17,18)19)5-4-9(11)7-20/h4-6,12-13,22-23H,8H2,1-3H3,(H,21,24). The van der Waals surface area contributed by atoms with Gasteiger partial charge in [0, 0.05) is 12.1 Å². The first-order valence-electron chi connectivity index (χ1n) is 7.29. The number of hydrogen-bond donors (Lipinski definition) is 3. The summed E-state index contributed by atoms with van der Waals surface area (Å²) in [5.41, 5.74) is -2.43. The van der Waals surface area contributed by atoms with Crippen molar-refractivity contribution in [1.82, 2.24) is 5.32 Å². The van der Waals surface area contributed by atoms with E-state index >= 15 is 0 Å². The highest BCUT2D eigenvalue weighted by Gasteiger charge is 2.33. The average Bonchev–Trinajstić information content (AvgIpc) is 2.48. The molecule has 2 unspecified atom stereocenters. The molecule has 0 heterocycles. The summed E-state index contributed by atoms with van der Waals surface area (Å²) >= 11 is 0. The lowest BCUT2D eigenvalue weighted by Crippen LogP contribution is -2.39. The lowest BCUT2D eigenvalue weighted by atomic mass is 9.96. The topological polar surface area (TPSA) is 103 Å². The summed E-state index contributed by atoms with van der Waals surface area (Å²) < 4.78 is 43.3. The lowest BCUT2D eigenvalue weighted by molar-refractivity contribution is -0.137. The molecule has 25 heavy (non-hydrogen) atoms. The SMILES string of the molecule is CC(C)(C)OC(=O)NCC(O)C(O)c1cc(C(F)(F)F)ccc1C#N. The highest BCUT2D eigenvalue weighted by molar-refractivity contribution is 5.67. The van der Waals surface area contributed by atoms with Crippen LogP contribution in [0.3, 0.4) is 0 Å². The maximum atomic E-state index is 12.8. The molecule has 0 saturated heterocycles. The van der Waals surface area contributed by atoms with Gasteiger partial charge in [-0.3, -0.25) is 0 Å². The predicted octanol–water partition coefficient (Wildman–Crippen LogP) is 2.50. The monoisotopic (exact) mass is 360 g/mol. The first-order valence-corrected chi connectivity index (χ1v) is 7.29. The molecule has 1 aromatic rings. The van der Waals surface area contributed by atoms with Crippen LogP contribution in [0.5, 0.6) is 0 Å². The van der Waals surface area contributed by atoms with E-state index in [-0.39, 0.29) is 11.1 Å². The van der Waals surface area contributed by atoms with Gasteiger partial charge < -0.3 is 20.3 Å². The smallest absolute Gasteiger partial charge is 0.416 e. The van der Waals surface area contributed by atoms with Crippen LogP contribution in [-0.2, 0) is 10.9 Å². The number of carbonyl (C=O) groups is 1. The quantitative estimate of drug-likeness (QED) is 0.766. The van der Waals surface area contributed by atoms with Crippen LogP contribution in [0.2, 0.25) is 0 Å². The molecule has 0 fully saturated rings. The Balaban J connectivity index is 2.89. The van der Waals surface area contributed by atoms with Gasteiger partial charge in [-0.2, -0.15) is 18.4 Å². The highest BCUT2D eigenvalue weighted by Crippen LogP contribution is 2.32. The summed E-state index contributed by atoms with van der Waals surface area (Å²) in [7, 11) is 0. The second kappa shape index (κ2) is 7.72. The van der Waals surface area contributed by atoms with E-state index in [9.17, 15) is 28.2 Å². The zero-order valence-electron chi connectivity index (χ0n) is 13.9. The third-order valence-electron chi connectivity index (χ3n) is 3.04. The van der Waals surface area contributed by atoms with Crippen LogP contribution < -0.4 is 5.32 Å². The number of carbonyl (C=O) groups excluding carboxylic acids is 1. The van der Waals surface area contributed by atoms with Gasteiger partial charge in [0.25, 0.3) is 0 Å². The zero-order valence-corrected chi connectivity index (χ0v) is 13.9. The van der Waals surface area contributed by atoms with Gasteiger partial charge in [-0.25, -0.2) is 4.79 Å². The number of aliphatic hydroxyl groups excluding tert-OH is 2. The van der Waals surface area contributed by atoms with Crippen molar-refractivity contribution >= 4 is 6.09 Å². The molecule has 9 heteroatoms. The van der Waals surface area contributed by atoms with E-state index in [1.165, 1.54) is 0 Å². The van der Waals surface area contributed by atoms with Crippen molar-refractivity contribution in [2.45, 2.75) is 44.8 Å². The summed E-state index contributed by atoms with van der Waals surface area (Å²) in [4.78, 5) is 11.5. The normalized spacial score (nSPS) is 14.4. The fraction of sp³-hybridized carbons (Fsp3) is 0.500. The van der Waals surface area contributed by atoms with Crippen molar-refractivity contribution in [2.24, 2.45) is 0 Å². The summed E-state index contributed by atoms with van der Waals surface area (Å²) in [6.07, 6.45) is -8.96. The molecular weight excluding hydrogens is 341 g/mol. The number of amides is 1. The summed E-state index contributed by atoms with van der Waals surface area (Å²) in [5, 5.41) is 31.2. The molecule has 6 nitrogen and oxygen atoms in total. The number of benzene rings is 1. The maximum Gasteiger partial charge on any atom is 0.416 e. The molecule has 0 aliphatic carbocycles. The Morgan fingerprint density at radius 2 is 1.92 bits per heavy atom. The van der Waals surface area contributed by atoms with Crippen molar-refractivity contribution in [2.75, 3.05) is 6.54 Å². The van der Waals surface area contributed by atoms with Crippen molar-refractivity contribution in [3.8, 4) is 6.07 Å². The number of hydrogen-bond acceptors (Lipinski definition) is 5. The van der Waals surface area contributed by atoms with Crippen molar-refractivity contribution in [1.29, 1.82) is 5.26 Å². The number of aliphatic hydroxyl groups is 2. The third-order valence-corrected chi connectivity index (χ3v) is 3.04. The fourth-order valence-corrected chi connectivity index (χ4v) is 1.91. The Kier molecular flexibility index (Phi) is 6.40. The molecule has 1 amide bonds. The lowest BCUT2D eigenvalue weighted by Gasteiger charge is -2.23. The van der Waals surface area contributed by atoms with E-state index in [0.717, 1.165) is 6.07 Å². The van der Waals surface area contributed by atoms with Crippen LogP contribution in [0, 0.1) is 11.3 Å². The third kappa shape index (κ3) is 6.25. The minimum Gasteiger partial charge on any atom is -0.444 e. The molecule has 0 saturated carbocycles. The van der Waals surface area contributed by atoms with Crippen LogP contribution in [-0.4, -0.2) is 34.6 Å². The van der Waals surface area contributed by atoms with Crippen molar-refractivity contribution < 1.29 is 32.9 Å². The number of ether oxygens (including phenoxy) is 1. The number of nitriles is 1. The highest BCUT2D eigenvalue weighted by atomic mass is 19.4. The van der Waals surface area contributed by atoms with Crippen LogP contribution in [0.15, 0.2) is 18.2 Å². The summed E-state index contributed by atoms with van der Waals surface area (Å²) in [6, 6.07) is 3.87. The fourth-order valence-electron chi connectivity index (χ4n) is 1.91. The maximum absolute atomic E-state index is 12.8. The van der Waals surface area contributed by atoms with Gasteiger partial charge in [0.15, 0.2) is 0 Å². The van der Waals surface area contributed by atoms with E-state index in [0.29, 0.717) is 12.1 Å². The van der Waals surface area contributed by atoms with Gasteiger partial charge in [-0.15, -0.1) is 0 Å². The molecule has 138 valence electrons. The van der Waals surface area contributed by atoms with Gasteiger partial charge in [0.2, 0.25) is 0 Å². The molecular formula is C16H19F3N2O4. The van der Waals surface area contributed by atoms with Crippen LogP contribution in [0.4, 0.5) is 18.0 Å².